The summed E-state index contributed by atoms with van der Waals surface area (Å²) < 4.78 is 7.55. The number of phenols is 4. The van der Waals surface area contributed by atoms with E-state index < -0.39 is 13.7 Å². The van der Waals surface area contributed by atoms with Gasteiger partial charge in [-0.25, -0.2) is 4.79 Å². The average molecular weight is 1800 g/mol. The number of aromatic hydroxyl groups is 4. The van der Waals surface area contributed by atoms with Gasteiger partial charge in [-0.15, -0.1) is 0 Å². The summed E-state index contributed by atoms with van der Waals surface area (Å²) in [7, 11) is -1.58. The van der Waals surface area contributed by atoms with E-state index in [4.69, 9.17) is 9.84 Å². The molecule has 12 aromatic rings. The summed E-state index contributed by atoms with van der Waals surface area (Å²) in [6.07, 6.45) is 24.3. The highest BCUT2D eigenvalue weighted by Crippen LogP contribution is 2.43. The molecule has 0 atom stereocenters. The molecule has 694 valence electrons. The summed E-state index contributed by atoms with van der Waals surface area (Å²) in [6.45, 7) is 18.4. The van der Waals surface area contributed by atoms with Crippen molar-refractivity contribution in [3.63, 3.8) is 0 Å². The quantitative estimate of drug-likeness (QED) is 0.0150. The maximum absolute atomic E-state index is 12.5. The molecule has 0 radical (unpaired) electrons. The number of allylic oxidation sites excluding steroid dienone is 4. The van der Waals surface area contributed by atoms with Gasteiger partial charge in [0, 0.05) is 57.8 Å². The van der Waals surface area contributed by atoms with Crippen molar-refractivity contribution in [2.24, 2.45) is 0 Å². The van der Waals surface area contributed by atoms with E-state index >= 15 is 0 Å². The predicted molar refractivity (Wildman–Crippen MR) is 548 cm³/mol. The van der Waals surface area contributed by atoms with Crippen molar-refractivity contribution in [1.29, 1.82) is 0 Å². The average Bonchev–Trinajstić information content (AvgIpc) is 1.74. The standard InChI is InChI=1S/C31H39NO2Si.C30H37N3O4.C29H33NO2.C27H28O2/c1-35(2,24-32-21-7-4-8-22-32)29-19-15-27(16-20-29)31(26-13-17-28(34)18-14-26)30(12-9-23-33)25-10-5-3-6-11-25;1-30(2,3)37-29(36)32-17-15-25(16-18-32)33-21-24(20-31-33)28(23-11-13-26(35)14-12-23)27(10-7-19-34)22-8-5-4-6-9-22;31-21-7-10-28(24-8-3-1-4-9-24)29(26-15-17-27(32)18-16-26)25-13-11-23(12-14-25)22-30-19-5-2-6-20-30;28-19-5-10-26(22-6-2-1-3-7-22)27(24-15-17-25(29)18-16-24)23-13-11-21(12-14-23)20-8-4-9-20/h3,5-6,10-11,13-20,33-34H,4,7-9,12,21-24H2,1-2H3;4-6,8-9,11-14,20-21,25,34-35H,7,10,15-19H2,1-3H3;1,3-4,8-9,11-18,31-32H,2,5-7,10,19-22H2;1-3,6-7,11-18,20,28-29H,4-5,8-10,19H2/b31-30-;28-27-;29-28+;27-26+. The molecule has 1 amide bonds. The fourth-order valence-electron chi connectivity index (χ4n) is 18.8. The van der Waals surface area contributed by atoms with Crippen LogP contribution in [0.1, 0.15) is 233 Å². The van der Waals surface area contributed by atoms with E-state index in [1.165, 1.54) is 162 Å². The first-order chi connectivity index (χ1) is 64.7. The predicted octanol–water partition coefficient (Wildman–Crippen LogP) is 24.5. The fourth-order valence-corrected chi connectivity index (χ4v) is 21.5. The Morgan fingerprint density at radius 2 is 0.677 bits per heavy atom. The van der Waals surface area contributed by atoms with Gasteiger partial charge >= 0.3 is 6.09 Å². The third-order valence-electron chi connectivity index (χ3n) is 25.9. The summed E-state index contributed by atoms with van der Waals surface area (Å²) in [5.41, 5.74) is 24.9. The van der Waals surface area contributed by atoms with Gasteiger partial charge in [0.15, 0.2) is 0 Å². The minimum atomic E-state index is -1.58. The summed E-state index contributed by atoms with van der Waals surface area (Å²) in [4.78, 5) is 19.5. The van der Waals surface area contributed by atoms with E-state index in [-0.39, 0.29) is 61.6 Å². The molecule has 16 heteroatoms. The molecule has 8 N–H and O–H groups in total. The van der Waals surface area contributed by atoms with Crippen molar-refractivity contribution >= 4 is 63.9 Å². The van der Waals surface area contributed by atoms with Crippen molar-refractivity contribution in [3.05, 3.63) is 381 Å². The molecule has 133 heavy (non-hydrogen) atoms. The van der Waals surface area contributed by atoms with Crippen molar-refractivity contribution in [1.82, 2.24) is 24.5 Å². The minimum Gasteiger partial charge on any atom is -0.508 e. The van der Waals surface area contributed by atoms with Crippen molar-refractivity contribution in [3.8, 4) is 23.0 Å². The van der Waals surface area contributed by atoms with Crippen LogP contribution in [-0.2, 0) is 11.3 Å². The Morgan fingerprint density at radius 1 is 0.361 bits per heavy atom. The second-order valence-electron chi connectivity index (χ2n) is 37.4. The SMILES string of the molecule is CC(C)(C)OC(=O)N1CCC(n2cc(/C(=C(/CCCO)c3ccccc3)c3ccc(O)cc3)cn2)CC1.C[Si](C)(CN1CCCCC1)c1ccc(/C(=C(/CCCO)c2ccccc2)c2ccc(O)cc2)cc1.OCCC/C(=C(\c1ccc(O)cc1)c1ccc(C2CCC2)cc1)c1ccccc1.OCCC/C(=C(\c1ccc(O)cc1)c1ccc(CN2CCCCC2)cc1)c1ccccc1. The fraction of sp³-hybridized carbons (Fsp3) is 0.333. The number of carbonyl (C=O) groups excluding carboxylic acids is 1. The number of nitrogens with zero attached hydrogens (tertiary/aromatic N) is 5. The van der Waals surface area contributed by atoms with Crippen molar-refractivity contribution in [2.75, 3.05) is 71.9 Å². The van der Waals surface area contributed by atoms with Crippen LogP contribution < -0.4 is 5.19 Å². The molecule has 15 nitrogen and oxygen atoms in total. The molecule has 0 bridgehead atoms. The van der Waals surface area contributed by atoms with Gasteiger partial charge in [0.2, 0.25) is 0 Å². The largest absolute Gasteiger partial charge is 0.508 e. The second kappa shape index (κ2) is 49.7. The van der Waals surface area contributed by atoms with E-state index in [2.05, 4.69) is 187 Å². The molecule has 4 fully saturated rings. The number of hydrogen-bond acceptors (Lipinski definition) is 13. The van der Waals surface area contributed by atoms with Crippen LogP contribution in [0, 0.1) is 0 Å². The lowest BCUT2D eigenvalue weighted by Gasteiger charge is -2.34. The molecule has 11 aromatic carbocycles. The zero-order valence-corrected chi connectivity index (χ0v) is 79.6. The van der Waals surface area contributed by atoms with Gasteiger partial charge in [-0.1, -0.05) is 280 Å². The van der Waals surface area contributed by atoms with Crippen molar-refractivity contribution in [2.45, 2.75) is 180 Å². The first-order valence-electron chi connectivity index (χ1n) is 48.3. The lowest BCUT2D eigenvalue weighted by molar-refractivity contribution is 0.0184. The first-order valence-corrected chi connectivity index (χ1v) is 51.5. The Hall–Kier alpha value is -12.0. The highest BCUT2D eigenvalue weighted by atomic mass is 28.3. The van der Waals surface area contributed by atoms with Gasteiger partial charge in [0.25, 0.3) is 0 Å². The molecule has 1 saturated carbocycles. The van der Waals surface area contributed by atoms with Crippen LogP contribution in [0.4, 0.5) is 4.79 Å². The molecule has 4 heterocycles. The van der Waals surface area contributed by atoms with Gasteiger partial charge in [0.05, 0.1) is 20.3 Å². The number of likely N-dealkylation sites (tertiary alicyclic amines) is 3. The maximum atomic E-state index is 12.5. The van der Waals surface area contributed by atoms with Gasteiger partial charge in [-0.3, -0.25) is 9.58 Å². The van der Waals surface area contributed by atoms with Gasteiger partial charge in [0.1, 0.15) is 28.6 Å². The number of amides is 1. The number of piperidine rings is 3. The van der Waals surface area contributed by atoms with Gasteiger partial charge < -0.3 is 55.4 Å². The summed E-state index contributed by atoms with van der Waals surface area (Å²) >= 11 is 0. The number of aromatic nitrogens is 2. The van der Waals surface area contributed by atoms with Crippen LogP contribution in [0.5, 0.6) is 23.0 Å². The lowest BCUT2D eigenvalue weighted by Crippen LogP contribution is -2.52. The van der Waals surface area contributed by atoms with E-state index in [0.717, 1.165) is 94.3 Å². The topological polar surface area (TPSA) is 216 Å². The smallest absolute Gasteiger partial charge is 0.410 e. The number of benzene rings is 11. The van der Waals surface area contributed by atoms with Crippen LogP contribution in [0.25, 0.3) is 44.6 Å². The van der Waals surface area contributed by atoms with Crippen LogP contribution in [0.3, 0.4) is 0 Å². The molecule has 4 aliphatic rings. The van der Waals surface area contributed by atoms with E-state index in [1.54, 1.807) is 53.4 Å². The van der Waals surface area contributed by atoms with Crippen LogP contribution in [0.2, 0.25) is 13.1 Å². The highest BCUT2D eigenvalue weighted by molar-refractivity contribution is 6.90. The third kappa shape index (κ3) is 28.3. The number of ether oxygens (including phenoxy) is 1. The second-order valence-corrected chi connectivity index (χ2v) is 42.0. The Bertz CT molecular complexity index is 5680. The summed E-state index contributed by atoms with van der Waals surface area (Å²) in [5.74, 6) is 1.73. The first kappa shape index (κ1) is 98.5. The Morgan fingerprint density at radius 3 is 1.00 bits per heavy atom. The number of carbonyl (C=O) groups is 1. The number of rotatable bonds is 31. The zero-order chi connectivity index (χ0) is 93.3. The third-order valence-corrected chi connectivity index (χ3v) is 29.1. The number of aliphatic hydroxyl groups is 4. The van der Waals surface area contributed by atoms with Crippen LogP contribution in [-0.4, -0.2) is 157 Å². The van der Waals surface area contributed by atoms with E-state index in [1.807, 2.05) is 117 Å². The molecular formula is C117H137N5O10Si. The molecule has 1 aliphatic carbocycles. The molecule has 0 unspecified atom stereocenters. The zero-order valence-electron chi connectivity index (χ0n) is 78.6. The van der Waals surface area contributed by atoms with Gasteiger partial charge in [-0.2, -0.15) is 5.10 Å². The molecular weight excluding hydrogens is 1660 g/mol. The van der Waals surface area contributed by atoms with Crippen LogP contribution in [0.15, 0.2) is 304 Å². The van der Waals surface area contributed by atoms with E-state index in [0.29, 0.717) is 51.1 Å². The molecule has 0 spiro atoms. The molecule has 3 aliphatic heterocycles. The summed E-state index contributed by atoms with van der Waals surface area (Å²) in [5, 5.41) is 84.0. The van der Waals surface area contributed by atoms with E-state index in [9.17, 15) is 45.6 Å². The number of aliphatic hydroxyl groups excluding tert-OH is 4. The monoisotopic (exact) mass is 1800 g/mol. The maximum Gasteiger partial charge on any atom is 0.410 e. The van der Waals surface area contributed by atoms with Crippen LogP contribution >= 0.6 is 0 Å². The Kier molecular flexibility index (Phi) is 36.8. The molecule has 16 rings (SSSR count). The summed E-state index contributed by atoms with van der Waals surface area (Å²) in [6, 6.07) is 98.6. The van der Waals surface area contributed by atoms with Crippen molar-refractivity contribution < 1.29 is 50.4 Å². The Balaban J connectivity index is 0.000000151. The Labute approximate surface area is 790 Å². The molecule has 1 aromatic heterocycles. The number of phenolic OH excluding ortho intramolecular Hbond substituents is 4. The highest BCUT2D eigenvalue weighted by Gasteiger charge is 2.31. The lowest BCUT2D eigenvalue weighted by atomic mass is 9.79. The molecule has 3 saturated heterocycles. The minimum absolute atomic E-state index is 0.106. The number of hydrogen-bond donors (Lipinski definition) is 8. The normalized spacial score (nSPS) is 15.4. The van der Waals surface area contributed by atoms with Gasteiger partial charge in [-0.05, 0) is 327 Å².